The highest BCUT2D eigenvalue weighted by Crippen LogP contribution is 2.22. The van der Waals surface area contributed by atoms with Crippen molar-refractivity contribution in [3.8, 4) is 0 Å². The molecule has 0 aliphatic heterocycles. The minimum absolute atomic E-state index is 0.0589. The van der Waals surface area contributed by atoms with Crippen LogP contribution in [0.15, 0.2) is 6.20 Å². The van der Waals surface area contributed by atoms with Gasteiger partial charge in [-0.2, -0.15) is 5.10 Å². The van der Waals surface area contributed by atoms with Crippen LogP contribution in [-0.2, 0) is 11.8 Å². The molecule has 0 radical (unpaired) electrons. The summed E-state index contributed by atoms with van der Waals surface area (Å²) in [5.74, 6) is 0.393. The maximum absolute atomic E-state index is 11.8. The summed E-state index contributed by atoms with van der Waals surface area (Å²) in [6, 6.07) is -0.244. The second-order valence-corrected chi connectivity index (χ2v) is 4.86. The summed E-state index contributed by atoms with van der Waals surface area (Å²) in [5, 5.41) is 7.62. The second-order valence-electron chi connectivity index (χ2n) is 4.86. The molecule has 0 saturated carbocycles. The fourth-order valence-corrected chi connectivity index (χ4v) is 1.73. The first kappa shape index (κ1) is 13.5. The average Bonchev–Trinajstić information content (AvgIpc) is 2.58. The van der Waals surface area contributed by atoms with Gasteiger partial charge < -0.3 is 10.2 Å². The number of nitrogens with one attached hydrogen (secondary N) is 1. The highest BCUT2D eigenvalue weighted by Gasteiger charge is 2.18. The van der Waals surface area contributed by atoms with E-state index in [4.69, 9.17) is 0 Å². The standard InChI is InChI=1S/C12H22N4O/c1-8(2)11-10(7-16(6)14-11)13-9(3)12(17)15(4)5/h7-9,13H,1-6H3. The molecule has 0 saturated heterocycles. The largest absolute Gasteiger partial charge is 0.371 e. The number of carbonyl (C=O) groups is 1. The fraction of sp³-hybridized carbons (Fsp3) is 0.667. The molecule has 1 aromatic rings. The second kappa shape index (κ2) is 5.21. The van der Waals surface area contributed by atoms with E-state index in [0.717, 1.165) is 11.4 Å². The fourth-order valence-electron chi connectivity index (χ4n) is 1.73. The van der Waals surface area contributed by atoms with Gasteiger partial charge in [-0.25, -0.2) is 0 Å². The predicted octanol–water partition coefficient (Wildman–Crippen LogP) is 1.43. The van der Waals surface area contributed by atoms with Crippen molar-refractivity contribution >= 4 is 11.6 Å². The van der Waals surface area contributed by atoms with Crippen LogP contribution >= 0.6 is 0 Å². The van der Waals surface area contributed by atoms with Gasteiger partial charge in [0, 0.05) is 27.3 Å². The molecule has 17 heavy (non-hydrogen) atoms. The molecule has 1 heterocycles. The van der Waals surface area contributed by atoms with Crippen molar-refractivity contribution in [2.45, 2.75) is 32.7 Å². The molecule has 0 aromatic carbocycles. The summed E-state index contributed by atoms with van der Waals surface area (Å²) in [6.07, 6.45) is 1.91. The number of rotatable bonds is 4. The van der Waals surface area contributed by atoms with E-state index in [0.29, 0.717) is 5.92 Å². The molecule has 0 aliphatic rings. The van der Waals surface area contributed by atoms with Gasteiger partial charge in [-0.05, 0) is 12.8 Å². The number of amides is 1. The Kier molecular flexibility index (Phi) is 4.15. The maximum Gasteiger partial charge on any atom is 0.244 e. The van der Waals surface area contributed by atoms with Gasteiger partial charge in [0.05, 0.1) is 11.4 Å². The molecular weight excluding hydrogens is 216 g/mol. The van der Waals surface area contributed by atoms with Crippen molar-refractivity contribution in [3.05, 3.63) is 11.9 Å². The topological polar surface area (TPSA) is 50.2 Å². The van der Waals surface area contributed by atoms with Crippen LogP contribution in [0.3, 0.4) is 0 Å². The van der Waals surface area contributed by atoms with E-state index >= 15 is 0 Å². The number of hydrogen-bond acceptors (Lipinski definition) is 3. The Labute approximate surface area is 103 Å². The zero-order chi connectivity index (χ0) is 13.2. The van der Waals surface area contributed by atoms with Crippen LogP contribution in [0.2, 0.25) is 0 Å². The zero-order valence-corrected chi connectivity index (χ0v) is 11.5. The van der Waals surface area contributed by atoms with Gasteiger partial charge in [0.2, 0.25) is 5.91 Å². The van der Waals surface area contributed by atoms with E-state index < -0.39 is 0 Å². The van der Waals surface area contributed by atoms with Crippen molar-refractivity contribution in [1.29, 1.82) is 0 Å². The average molecular weight is 238 g/mol. The number of nitrogens with zero attached hydrogens (tertiary/aromatic N) is 3. The van der Waals surface area contributed by atoms with Crippen LogP contribution in [0, 0.1) is 0 Å². The van der Waals surface area contributed by atoms with Gasteiger partial charge in [0.15, 0.2) is 0 Å². The normalized spacial score (nSPS) is 12.6. The van der Waals surface area contributed by atoms with E-state index in [9.17, 15) is 4.79 Å². The minimum atomic E-state index is -0.244. The maximum atomic E-state index is 11.8. The Bertz CT molecular complexity index is 395. The summed E-state index contributed by atoms with van der Waals surface area (Å²) in [5.41, 5.74) is 1.93. The SMILES string of the molecule is CC(Nc1cn(C)nc1C(C)C)C(=O)N(C)C. The highest BCUT2D eigenvalue weighted by molar-refractivity contribution is 5.84. The summed E-state index contributed by atoms with van der Waals surface area (Å²) in [4.78, 5) is 13.4. The van der Waals surface area contributed by atoms with Gasteiger partial charge >= 0.3 is 0 Å². The first-order valence-corrected chi connectivity index (χ1v) is 5.84. The Balaban J connectivity index is 2.84. The van der Waals surface area contributed by atoms with Crippen LogP contribution in [0.1, 0.15) is 32.4 Å². The van der Waals surface area contributed by atoms with Crippen molar-refractivity contribution in [1.82, 2.24) is 14.7 Å². The molecule has 0 aliphatic carbocycles. The van der Waals surface area contributed by atoms with Crippen LogP contribution in [0.4, 0.5) is 5.69 Å². The van der Waals surface area contributed by atoms with Crippen LogP contribution < -0.4 is 5.32 Å². The monoisotopic (exact) mass is 238 g/mol. The number of aryl methyl sites for hydroxylation is 1. The Hall–Kier alpha value is -1.52. The van der Waals surface area contributed by atoms with E-state index in [-0.39, 0.29) is 11.9 Å². The number of hydrogen-bond donors (Lipinski definition) is 1. The van der Waals surface area contributed by atoms with Crippen molar-refractivity contribution < 1.29 is 4.79 Å². The Morgan fingerprint density at radius 1 is 1.41 bits per heavy atom. The number of anilines is 1. The van der Waals surface area contributed by atoms with Gasteiger partial charge in [-0.15, -0.1) is 0 Å². The van der Waals surface area contributed by atoms with Gasteiger partial charge in [-0.3, -0.25) is 9.48 Å². The van der Waals surface area contributed by atoms with E-state index in [1.165, 1.54) is 0 Å². The lowest BCUT2D eigenvalue weighted by atomic mass is 10.1. The van der Waals surface area contributed by atoms with Gasteiger partial charge in [0.1, 0.15) is 6.04 Å². The lowest BCUT2D eigenvalue weighted by Gasteiger charge is -2.19. The highest BCUT2D eigenvalue weighted by atomic mass is 16.2. The molecule has 0 spiro atoms. The molecule has 5 nitrogen and oxygen atoms in total. The van der Waals surface area contributed by atoms with Crippen molar-refractivity contribution in [2.24, 2.45) is 7.05 Å². The molecule has 5 heteroatoms. The molecule has 0 fully saturated rings. The van der Waals surface area contributed by atoms with Crippen LogP contribution in [-0.4, -0.2) is 40.7 Å². The number of carbonyl (C=O) groups excluding carboxylic acids is 1. The number of aromatic nitrogens is 2. The van der Waals surface area contributed by atoms with E-state index in [1.54, 1.807) is 23.7 Å². The molecule has 1 rings (SSSR count). The molecular formula is C12H22N4O. The van der Waals surface area contributed by atoms with Gasteiger partial charge in [-0.1, -0.05) is 13.8 Å². The van der Waals surface area contributed by atoms with Crippen LogP contribution in [0.25, 0.3) is 0 Å². The number of likely N-dealkylation sites (N-methyl/N-ethyl adjacent to an activating group) is 1. The Morgan fingerprint density at radius 2 is 2.00 bits per heavy atom. The predicted molar refractivity (Wildman–Crippen MR) is 69.1 cm³/mol. The quantitative estimate of drug-likeness (QED) is 0.863. The van der Waals surface area contributed by atoms with E-state index in [2.05, 4.69) is 24.3 Å². The lowest BCUT2D eigenvalue weighted by Crippen LogP contribution is -2.36. The molecule has 1 N–H and O–H groups in total. The first-order chi connectivity index (χ1) is 7.82. The molecule has 1 unspecified atom stereocenters. The third-order valence-electron chi connectivity index (χ3n) is 2.59. The van der Waals surface area contributed by atoms with Crippen molar-refractivity contribution in [3.63, 3.8) is 0 Å². The summed E-state index contributed by atoms with van der Waals surface area (Å²) in [7, 11) is 5.40. The van der Waals surface area contributed by atoms with Crippen molar-refractivity contribution in [2.75, 3.05) is 19.4 Å². The smallest absolute Gasteiger partial charge is 0.244 e. The van der Waals surface area contributed by atoms with Gasteiger partial charge in [0.25, 0.3) is 0 Å². The lowest BCUT2D eigenvalue weighted by molar-refractivity contribution is -0.129. The molecule has 0 bridgehead atoms. The summed E-state index contributed by atoms with van der Waals surface area (Å²) >= 11 is 0. The van der Waals surface area contributed by atoms with Crippen LogP contribution in [0.5, 0.6) is 0 Å². The molecule has 96 valence electrons. The Morgan fingerprint density at radius 3 is 2.47 bits per heavy atom. The minimum Gasteiger partial charge on any atom is -0.371 e. The summed E-state index contributed by atoms with van der Waals surface area (Å²) < 4.78 is 1.77. The molecule has 1 atom stereocenters. The zero-order valence-electron chi connectivity index (χ0n) is 11.5. The molecule has 1 aromatic heterocycles. The molecule has 1 amide bonds. The summed E-state index contributed by atoms with van der Waals surface area (Å²) in [6.45, 7) is 6.04. The van der Waals surface area contributed by atoms with E-state index in [1.807, 2.05) is 20.2 Å². The third kappa shape index (κ3) is 3.22. The third-order valence-corrected chi connectivity index (χ3v) is 2.59. The first-order valence-electron chi connectivity index (χ1n) is 5.84.